The first-order chi connectivity index (χ1) is 15.3. The van der Waals surface area contributed by atoms with Crippen LogP contribution in [0.15, 0.2) is 28.7 Å². The molecule has 32 heavy (non-hydrogen) atoms. The van der Waals surface area contributed by atoms with E-state index in [0.29, 0.717) is 35.9 Å². The third kappa shape index (κ3) is 7.15. The van der Waals surface area contributed by atoms with E-state index in [9.17, 15) is 13.2 Å². The van der Waals surface area contributed by atoms with Gasteiger partial charge in [-0.2, -0.15) is 0 Å². The molecule has 1 aliphatic rings. The van der Waals surface area contributed by atoms with Crippen molar-refractivity contribution in [2.24, 2.45) is 0 Å². The molecule has 0 saturated carbocycles. The van der Waals surface area contributed by atoms with E-state index in [0.717, 1.165) is 44.7 Å². The van der Waals surface area contributed by atoms with Gasteiger partial charge in [0.15, 0.2) is 9.84 Å². The van der Waals surface area contributed by atoms with Crippen LogP contribution in [0.1, 0.15) is 30.7 Å². The maximum absolute atomic E-state index is 12.6. The zero-order valence-electron chi connectivity index (χ0n) is 19.2. The second kappa shape index (κ2) is 11.1. The average molecular weight is 464 g/mol. The fourth-order valence-corrected chi connectivity index (χ4v) is 5.15. The van der Waals surface area contributed by atoms with Crippen molar-refractivity contribution < 1.29 is 22.4 Å². The maximum atomic E-state index is 12.6. The number of Topliss-reactive ketones (excluding diaryl/α,β-unsaturated/α-hetero) is 1. The molecule has 1 aromatic carbocycles. The van der Waals surface area contributed by atoms with E-state index in [-0.39, 0.29) is 11.5 Å². The van der Waals surface area contributed by atoms with Crippen molar-refractivity contribution in [3.8, 4) is 17.2 Å². The number of unbranched alkanes of at least 4 members (excludes halogenated alkanes) is 1. The molecule has 1 aliphatic heterocycles. The summed E-state index contributed by atoms with van der Waals surface area (Å²) in [6, 6.07) is 7.17. The Balaban J connectivity index is 1.47. The first-order valence-electron chi connectivity index (χ1n) is 11.0. The second-order valence-electron chi connectivity index (χ2n) is 8.42. The number of hydrogen-bond donors (Lipinski definition) is 0. The summed E-state index contributed by atoms with van der Waals surface area (Å²) in [7, 11) is 0.0997. The van der Waals surface area contributed by atoms with E-state index in [4.69, 9.17) is 9.15 Å². The number of nitrogens with zero attached hydrogens (tertiary/aromatic N) is 3. The molecule has 0 atom stereocenters. The van der Waals surface area contributed by atoms with Crippen molar-refractivity contribution in [2.45, 2.75) is 31.9 Å². The van der Waals surface area contributed by atoms with Crippen LogP contribution in [0.4, 0.5) is 0 Å². The number of methoxy groups -OCH3 is 1. The number of hydrogen-bond acceptors (Lipinski definition) is 8. The minimum Gasteiger partial charge on any atom is -0.497 e. The van der Waals surface area contributed by atoms with Gasteiger partial charge >= 0.3 is 0 Å². The summed E-state index contributed by atoms with van der Waals surface area (Å²) in [5.74, 6) is 0.517. The first-order valence-corrected chi connectivity index (χ1v) is 12.8. The minimum atomic E-state index is -3.61. The van der Waals surface area contributed by atoms with E-state index in [1.807, 2.05) is 0 Å². The molecule has 2 aromatic rings. The lowest BCUT2D eigenvalue weighted by molar-refractivity contribution is -0.116. The number of aromatic nitrogens is 1. The monoisotopic (exact) mass is 463 g/mol. The van der Waals surface area contributed by atoms with Gasteiger partial charge in [0.25, 0.3) is 0 Å². The Morgan fingerprint density at radius 2 is 1.81 bits per heavy atom. The lowest BCUT2D eigenvalue weighted by atomic mass is 10.2. The van der Waals surface area contributed by atoms with Gasteiger partial charge in [0, 0.05) is 38.2 Å². The van der Waals surface area contributed by atoms with Gasteiger partial charge in [-0.25, -0.2) is 13.4 Å². The summed E-state index contributed by atoms with van der Waals surface area (Å²) in [4.78, 5) is 21.3. The molecule has 8 nitrogen and oxygen atoms in total. The van der Waals surface area contributed by atoms with Crippen molar-refractivity contribution in [1.82, 2.24) is 14.8 Å². The van der Waals surface area contributed by atoms with Crippen LogP contribution in [0.5, 0.6) is 5.75 Å². The fourth-order valence-electron chi connectivity index (χ4n) is 3.72. The molecule has 176 valence electrons. The van der Waals surface area contributed by atoms with Crippen molar-refractivity contribution >= 4 is 15.6 Å². The van der Waals surface area contributed by atoms with Crippen molar-refractivity contribution in [3.63, 3.8) is 0 Å². The van der Waals surface area contributed by atoms with Crippen LogP contribution in [0.2, 0.25) is 0 Å². The number of oxazole rings is 1. The smallest absolute Gasteiger partial charge is 0.226 e. The summed E-state index contributed by atoms with van der Waals surface area (Å²) in [6.45, 7) is 6.88. The number of piperazine rings is 1. The van der Waals surface area contributed by atoms with Crippen LogP contribution in [-0.2, 0) is 20.4 Å². The normalized spacial score (nSPS) is 15.7. The molecule has 2 heterocycles. The van der Waals surface area contributed by atoms with E-state index in [1.165, 1.54) is 0 Å². The topological polar surface area (TPSA) is 92.9 Å². The van der Waals surface area contributed by atoms with Crippen LogP contribution in [0.3, 0.4) is 0 Å². The zero-order valence-corrected chi connectivity index (χ0v) is 20.0. The summed E-state index contributed by atoms with van der Waals surface area (Å²) in [6.07, 6.45) is 1.91. The predicted molar refractivity (Wildman–Crippen MR) is 124 cm³/mol. The summed E-state index contributed by atoms with van der Waals surface area (Å²) in [5.41, 5.74) is 1.08. The zero-order chi connectivity index (χ0) is 23.1. The summed E-state index contributed by atoms with van der Waals surface area (Å²) >= 11 is 0. The van der Waals surface area contributed by atoms with Gasteiger partial charge in [0.1, 0.15) is 23.0 Å². The Bertz CT molecular complexity index is 993. The molecule has 1 fully saturated rings. The van der Waals surface area contributed by atoms with Crippen molar-refractivity contribution in [1.29, 1.82) is 0 Å². The molecule has 1 aromatic heterocycles. The Morgan fingerprint density at radius 3 is 2.47 bits per heavy atom. The van der Waals surface area contributed by atoms with Crippen LogP contribution in [0, 0.1) is 6.92 Å². The van der Waals surface area contributed by atoms with Gasteiger partial charge < -0.3 is 19.0 Å². The molecule has 0 unspecified atom stereocenters. The second-order valence-corrected chi connectivity index (χ2v) is 10.5. The average Bonchev–Trinajstić information content (AvgIpc) is 3.11. The van der Waals surface area contributed by atoms with E-state index < -0.39 is 15.6 Å². The van der Waals surface area contributed by atoms with Gasteiger partial charge in [-0.05, 0) is 57.6 Å². The van der Waals surface area contributed by atoms with Crippen LogP contribution >= 0.6 is 0 Å². The standard InChI is InChI=1S/C23H33N3O5S/c1-18-22(24-23(31-18)19-7-9-21(30-3)10-8-19)17-32(28,29)16-20(27)6-4-5-11-26-14-12-25(2)13-15-26/h7-10H,4-6,11-17H2,1-3H3. The molecule has 0 spiro atoms. The van der Waals surface area contributed by atoms with Crippen LogP contribution < -0.4 is 4.74 Å². The van der Waals surface area contributed by atoms with Gasteiger partial charge in [-0.1, -0.05) is 0 Å². The Hall–Kier alpha value is -2.23. The third-order valence-electron chi connectivity index (χ3n) is 5.74. The van der Waals surface area contributed by atoms with E-state index in [2.05, 4.69) is 21.8 Å². The molecule has 0 N–H and O–H groups in total. The molecule has 3 rings (SSSR count). The van der Waals surface area contributed by atoms with Gasteiger partial charge in [-0.3, -0.25) is 4.79 Å². The summed E-state index contributed by atoms with van der Waals surface area (Å²) in [5, 5.41) is 0. The molecule has 1 saturated heterocycles. The maximum Gasteiger partial charge on any atom is 0.226 e. The lowest BCUT2D eigenvalue weighted by Crippen LogP contribution is -2.44. The Morgan fingerprint density at radius 1 is 1.12 bits per heavy atom. The largest absolute Gasteiger partial charge is 0.497 e. The number of ether oxygens (including phenoxy) is 1. The number of aryl methyl sites for hydroxylation is 1. The van der Waals surface area contributed by atoms with Crippen LogP contribution in [0.25, 0.3) is 11.5 Å². The number of ketones is 1. The van der Waals surface area contributed by atoms with Gasteiger partial charge in [0.05, 0.1) is 18.6 Å². The molecular formula is C23H33N3O5S. The highest BCUT2D eigenvalue weighted by Crippen LogP contribution is 2.25. The quantitative estimate of drug-likeness (QED) is 0.470. The van der Waals surface area contributed by atoms with Crippen molar-refractivity contribution in [3.05, 3.63) is 35.7 Å². The molecule has 0 bridgehead atoms. The first kappa shape index (κ1) is 24.4. The molecule has 0 aliphatic carbocycles. The SMILES string of the molecule is COc1ccc(-c2nc(CS(=O)(=O)CC(=O)CCCCN3CCN(C)CC3)c(C)o2)cc1. The van der Waals surface area contributed by atoms with Crippen LogP contribution in [-0.4, -0.2) is 81.6 Å². The molecule has 0 radical (unpaired) electrons. The lowest BCUT2D eigenvalue weighted by Gasteiger charge is -2.32. The number of sulfone groups is 1. The number of carbonyl (C=O) groups excluding carboxylic acids is 1. The van der Waals surface area contributed by atoms with E-state index in [1.54, 1.807) is 38.3 Å². The fraction of sp³-hybridized carbons (Fsp3) is 0.565. The molecular weight excluding hydrogens is 430 g/mol. The predicted octanol–water partition coefficient (Wildman–Crippen LogP) is 2.56. The van der Waals surface area contributed by atoms with Gasteiger partial charge in [-0.15, -0.1) is 0 Å². The number of carbonyl (C=O) groups is 1. The highest BCUT2D eigenvalue weighted by atomic mass is 32.2. The Labute approximate surface area is 190 Å². The molecule has 9 heteroatoms. The number of likely N-dealkylation sites (N-methyl/N-ethyl adjacent to an activating group) is 1. The highest BCUT2D eigenvalue weighted by molar-refractivity contribution is 7.91. The number of rotatable bonds is 11. The third-order valence-corrected chi connectivity index (χ3v) is 7.22. The number of benzene rings is 1. The minimum absolute atomic E-state index is 0.236. The summed E-state index contributed by atoms with van der Waals surface area (Å²) < 4.78 is 35.9. The van der Waals surface area contributed by atoms with Crippen molar-refractivity contribution in [2.75, 3.05) is 52.6 Å². The van der Waals surface area contributed by atoms with Gasteiger partial charge in [0.2, 0.25) is 5.89 Å². The van der Waals surface area contributed by atoms with E-state index >= 15 is 0 Å². The molecule has 0 amide bonds. The highest BCUT2D eigenvalue weighted by Gasteiger charge is 2.22. The Kier molecular flexibility index (Phi) is 8.44.